The number of hydrogen-bond acceptors (Lipinski definition) is 5. The minimum Gasteiger partial charge on any atom is -0.508 e. The molecule has 7 nitrogen and oxygen atoms in total. The number of furan rings is 1. The zero-order chi connectivity index (χ0) is 15.8. The van der Waals surface area contributed by atoms with Gasteiger partial charge in [-0.1, -0.05) is 6.07 Å². The van der Waals surface area contributed by atoms with Crippen molar-refractivity contribution in [1.82, 2.24) is 0 Å². The number of benzene rings is 1. The van der Waals surface area contributed by atoms with E-state index in [1.54, 1.807) is 13.0 Å². The van der Waals surface area contributed by atoms with Crippen molar-refractivity contribution in [1.29, 1.82) is 0 Å². The summed E-state index contributed by atoms with van der Waals surface area (Å²) < 4.78 is 31.2. The second kappa shape index (κ2) is 5.41. The lowest BCUT2D eigenvalue weighted by Gasteiger charge is -2.08. The summed E-state index contributed by atoms with van der Waals surface area (Å²) in [5.41, 5.74) is 0.735. The van der Waals surface area contributed by atoms with Crippen molar-refractivity contribution in [3.05, 3.63) is 40.3 Å². The van der Waals surface area contributed by atoms with E-state index < -0.39 is 21.8 Å². The number of anilines is 1. The smallest absolute Gasteiger partial charge is 0.371 e. The molecule has 0 saturated heterocycles. The second-order valence-electron chi connectivity index (χ2n) is 4.16. The van der Waals surface area contributed by atoms with Gasteiger partial charge in [0, 0.05) is 12.1 Å². The van der Waals surface area contributed by atoms with E-state index in [1.165, 1.54) is 12.1 Å². The molecule has 0 aliphatic carbocycles. The molecule has 0 aliphatic rings. The third-order valence-corrected chi connectivity index (χ3v) is 4.86. The van der Waals surface area contributed by atoms with Crippen LogP contribution in [0.1, 0.15) is 16.1 Å². The van der Waals surface area contributed by atoms with Gasteiger partial charge in [0.1, 0.15) is 10.6 Å². The minimum absolute atomic E-state index is 0.0623. The number of phenolic OH excluding ortho intramolecular Hbond substituents is 1. The van der Waals surface area contributed by atoms with Crippen LogP contribution in [-0.2, 0) is 10.0 Å². The summed E-state index contributed by atoms with van der Waals surface area (Å²) in [6.07, 6.45) is 0. The van der Waals surface area contributed by atoms with Crippen LogP contribution in [0.3, 0.4) is 0 Å². The molecule has 21 heavy (non-hydrogen) atoms. The summed E-state index contributed by atoms with van der Waals surface area (Å²) in [6.45, 7) is 1.67. The summed E-state index contributed by atoms with van der Waals surface area (Å²) in [5.74, 6) is -1.95. The molecule has 3 N–H and O–H groups in total. The molecule has 0 fully saturated rings. The molecule has 1 aromatic carbocycles. The summed E-state index contributed by atoms with van der Waals surface area (Å²) in [7, 11) is -4.05. The summed E-state index contributed by atoms with van der Waals surface area (Å²) in [6, 6.07) is 5.15. The van der Waals surface area contributed by atoms with E-state index >= 15 is 0 Å². The number of aryl methyl sites for hydroxylation is 1. The highest BCUT2D eigenvalue weighted by molar-refractivity contribution is 9.10. The zero-order valence-corrected chi connectivity index (χ0v) is 13.0. The second-order valence-corrected chi connectivity index (χ2v) is 6.53. The van der Waals surface area contributed by atoms with Crippen LogP contribution in [0.2, 0.25) is 0 Å². The Bertz CT molecular complexity index is 811. The molecular weight excluding hydrogens is 366 g/mol. The van der Waals surface area contributed by atoms with Crippen LogP contribution < -0.4 is 4.72 Å². The number of carboxylic acids is 1. The lowest BCUT2D eigenvalue weighted by atomic mass is 10.2. The van der Waals surface area contributed by atoms with Crippen molar-refractivity contribution < 1.29 is 27.8 Å². The molecule has 0 aliphatic heterocycles. The van der Waals surface area contributed by atoms with Gasteiger partial charge in [0.05, 0.1) is 5.69 Å². The Kier molecular flexibility index (Phi) is 3.97. The molecular formula is C12H10BrNO6S. The topological polar surface area (TPSA) is 117 Å². The van der Waals surface area contributed by atoms with Gasteiger partial charge in [0.2, 0.25) is 5.76 Å². The quantitative estimate of drug-likeness (QED) is 0.755. The Morgan fingerprint density at radius 1 is 1.33 bits per heavy atom. The van der Waals surface area contributed by atoms with E-state index in [0.29, 0.717) is 5.56 Å². The Hall–Kier alpha value is -2.00. The zero-order valence-electron chi connectivity index (χ0n) is 10.6. The summed E-state index contributed by atoms with van der Waals surface area (Å²) in [4.78, 5) is 10.4. The number of rotatable bonds is 4. The Balaban J connectivity index is 2.38. The number of halogens is 1. The maximum Gasteiger partial charge on any atom is 0.371 e. The standard InChI is InChI=1S/C12H10BrNO6S/c1-6-2-3-7(4-8(6)15)14-21(18,19)10-5-9(12(16)17)20-11(10)13/h2-5,14-15H,1H3,(H,16,17). The molecule has 112 valence electrons. The first kappa shape index (κ1) is 15.4. The van der Waals surface area contributed by atoms with E-state index in [1.807, 2.05) is 0 Å². The number of sulfonamides is 1. The molecule has 0 saturated carbocycles. The molecule has 2 rings (SSSR count). The summed E-state index contributed by atoms with van der Waals surface area (Å²) >= 11 is 2.86. The van der Waals surface area contributed by atoms with Crippen LogP contribution >= 0.6 is 15.9 Å². The van der Waals surface area contributed by atoms with Gasteiger partial charge in [0.15, 0.2) is 4.67 Å². The monoisotopic (exact) mass is 375 g/mol. The van der Waals surface area contributed by atoms with Gasteiger partial charge in [-0.3, -0.25) is 4.72 Å². The fraction of sp³-hybridized carbons (Fsp3) is 0.0833. The molecule has 2 aromatic rings. The Labute approximate surface area is 128 Å². The lowest BCUT2D eigenvalue weighted by molar-refractivity contribution is 0.0661. The highest BCUT2D eigenvalue weighted by atomic mass is 79.9. The predicted octanol–water partition coefficient (Wildman–Crippen LogP) is 2.56. The van der Waals surface area contributed by atoms with Crippen molar-refractivity contribution in [2.24, 2.45) is 0 Å². The molecule has 0 amide bonds. The van der Waals surface area contributed by atoms with Crippen molar-refractivity contribution in [2.75, 3.05) is 4.72 Å². The first-order chi connectivity index (χ1) is 9.70. The van der Waals surface area contributed by atoms with Crippen molar-refractivity contribution in [3.63, 3.8) is 0 Å². The molecule has 0 bridgehead atoms. The average molecular weight is 376 g/mol. The highest BCUT2D eigenvalue weighted by Gasteiger charge is 2.25. The van der Waals surface area contributed by atoms with Crippen LogP contribution in [0.4, 0.5) is 5.69 Å². The van der Waals surface area contributed by atoms with Crippen molar-refractivity contribution in [2.45, 2.75) is 11.8 Å². The number of phenols is 1. The van der Waals surface area contributed by atoms with E-state index in [2.05, 4.69) is 20.7 Å². The third-order valence-electron chi connectivity index (χ3n) is 2.62. The maximum atomic E-state index is 12.2. The maximum absolute atomic E-state index is 12.2. The normalized spacial score (nSPS) is 11.3. The van der Waals surface area contributed by atoms with Crippen LogP contribution in [0.15, 0.2) is 38.2 Å². The number of aromatic hydroxyl groups is 1. The molecule has 0 radical (unpaired) electrons. The van der Waals surface area contributed by atoms with Gasteiger partial charge in [-0.05, 0) is 34.5 Å². The van der Waals surface area contributed by atoms with Gasteiger partial charge in [0.25, 0.3) is 10.0 Å². The Morgan fingerprint density at radius 2 is 2.00 bits per heavy atom. The van der Waals surface area contributed by atoms with Gasteiger partial charge in [-0.15, -0.1) is 0 Å². The first-order valence-electron chi connectivity index (χ1n) is 5.56. The minimum atomic E-state index is -4.05. The fourth-order valence-corrected chi connectivity index (χ4v) is 3.51. The van der Waals surface area contributed by atoms with Gasteiger partial charge in [-0.25, -0.2) is 13.2 Å². The van der Waals surface area contributed by atoms with Crippen LogP contribution in [0.5, 0.6) is 5.75 Å². The SMILES string of the molecule is Cc1ccc(NS(=O)(=O)c2cc(C(=O)O)oc2Br)cc1O. The highest BCUT2D eigenvalue weighted by Crippen LogP contribution is 2.29. The molecule has 1 heterocycles. The molecule has 0 unspecified atom stereocenters. The molecule has 0 spiro atoms. The van der Waals surface area contributed by atoms with Crippen molar-refractivity contribution in [3.8, 4) is 5.75 Å². The predicted molar refractivity (Wildman–Crippen MR) is 77.0 cm³/mol. The van der Waals surface area contributed by atoms with Crippen LogP contribution in [-0.4, -0.2) is 24.6 Å². The fourth-order valence-electron chi connectivity index (χ4n) is 1.52. The van der Waals surface area contributed by atoms with E-state index in [0.717, 1.165) is 6.07 Å². The largest absolute Gasteiger partial charge is 0.508 e. The van der Waals surface area contributed by atoms with Gasteiger partial charge < -0.3 is 14.6 Å². The summed E-state index contributed by atoms with van der Waals surface area (Å²) in [5, 5.41) is 18.3. The number of carbonyl (C=O) groups is 1. The number of nitrogens with one attached hydrogen (secondary N) is 1. The third kappa shape index (κ3) is 3.19. The van der Waals surface area contributed by atoms with Gasteiger partial charge >= 0.3 is 5.97 Å². The van der Waals surface area contributed by atoms with E-state index in [4.69, 9.17) is 9.52 Å². The molecule has 1 aromatic heterocycles. The van der Waals surface area contributed by atoms with E-state index in [9.17, 15) is 18.3 Å². The molecule has 9 heteroatoms. The number of carboxylic acid groups (broad SMARTS) is 1. The van der Waals surface area contributed by atoms with Crippen LogP contribution in [0.25, 0.3) is 0 Å². The lowest BCUT2D eigenvalue weighted by Crippen LogP contribution is -2.12. The Morgan fingerprint density at radius 3 is 2.52 bits per heavy atom. The van der Waals surface area contributed by atoms with Gasteiger partial charge in [-0.2, -0.15) is 0 Å². The van der Waals surface area contributed by atoms with Crippen LogP contribution in [0, 0.1) is 6.92 Å². The number of aromatic carboxylic acids is 1. The first-order valence-corrected chi connectivity index (χ1v) is 7.83. The van der Waals surface area contributed by atoms with Crippen molar-refractivity contribution >= 4 is 37.6 Å². The molecule has 0 atom stereocenters. The average Bonchev–Trinajstić information content (AvgIpc) is 2.77. The van der Waals surface area contributed by atoms with E-state index in [-0.39, 0.29) is 21.0 Å². The number of hydrogen-bond donors (Lipinski definition) is 3.